The van der Waals surface area contributed by atoms with E-state index in [0.717, 1.165) is 22.5 Å². The van der Waals surface area contributed by atoms with Crippen LogP contribution in [0.3, 0.4) is 0 Å². The fourth-order valence-electron chi connectivity index (χ4n) is 5.04. The number of amides is 1. The van der Waals surface area contributed by atoms with E-state index in [1.54, 1.807) is 12.0 Å². The highest BCUT2D eigenvalue weighted by molar-refractivity contribution is 7.80. The number of para-hydroxylation sites is 1. The van der Waals surface area contributed by atoms with Crippen LogP contribution in [0.1, 0.15) is 22.9 Å². The predicted molar refractivity (Wildman–Crippen MR) is 129 cm³/mol. The van der Waals surface area contributed by atoms with Crippen LogP contribution >= 0.6 is 12.2 Å². The van der Waals surface area contributed by atoms with Crippen LogP contribution in [0.5, 0.6) is 5.75 Å². The molecule has 2 atom stereocenters. The Morgan fingerprint density at radius 1 is 1.00 bits per heavy atom. The van der Waals surface area contributed by atoms with Crippen molar-refractivity contribution in [3.05, 3.63) is 95.7 Å². The van der Waals surface area contributed by atoms with Crippen molar-refractivity contribution in [1.29, 1.82) is 0 Å². The lowest BCUT2D eigenvalue weighted by molar-refractivity contribution is -0.120. The largest absolute Gasteiger partial charge is 0.497 e. The summed E-state index contributed by atoms with van der Waals surface area (Å²) in [5.41, 5.74) is 5.22. The van der Waals surface area contributed by atoms with Gasteiger partial charge in [-0.15, -0.1) is 0 Å². The molecule has 0 unspecified atom stereocenters. The minimum atomic E-state index is -0.356. The second-order valence-corrected chi connectivity index (χ2v) is 8.53. The zero-order chi connectivity index (χ0) is 21.8. The molecule has 158 valence electrons. The molecule has 0 aliphatic carbocycles. The number of nitrogens with one attached hydrogen (secondary N) is 1. The molecule has 1 amide bonds. The van der Waals surface area contributed by atoms with E-state index in [2.05, 4.69) is 34.1 Å². The Balaban J connectivity index is 1.53. The summed E-state index contributed by atoms with van der Waals surface area (Å²) in [7, 11) is 1.62. The van der Waals surface area contributed by atoms with Gasteiger partial charge in [-0.1, -0.05) is 54.6 Å². The molecule has 6 rings (SSSR count). The zero-order valence-electron chi connectivity index (χ0n) is 17.5. The average Bonchev–Trinajstić information content (AvgIpc) is 3.33. The molecule has 0 saturated carbocycles. The van der Waals surface area contributed by atoms with E-state index < -0.39 is 0 Å². The van der Waals surface area contributed by atoms with Crippen LogP contribution in [0, 0.1) is 0 Å². The highest BCUT2D eigenvalue weighted by Crippen LogP contribution is 2.45. The van der Waals surface area contributed by atoms with Gasteiger partial charge >= 0.3 is 0 Å². The van der Waals surface area contributed by atoms with Gasteiger partial charge in [0.15, 0.2) is 5.11 Å². The van der Waals surface area contributed by atoms with Gasteiger partial charge in [-0.05, 0) is 41.5 Å². The summed E-state index contributed by atoms with van der Waals surface area (Å²) in [6.45, 7) is 0. The summed E-state index contributed by atoms with van der Waals surface area (Å²) in [4.78, 5) is 21.1. The monoisotopic (exact) mass is 439 g/mol. The molecule has 0 bridgehead atoms. The van der Waals surface area contributed by atoms with Gasteiger partial charge in [-0.2, -0.15) is 0 Å². The molecule has 2 aliphatic heterocycles. The number of rotatable bonds is 3. The summed E-state index contributed by atoms with van der Waals surface area (Å²) in [6, 6.07) is 25.5. The number of thiocarbonyl (C=S) groups is 1. The summed E-state index contributed by atoms with van der Waals surface area (Å²) >= 11 is 5.94. The third kappa shape index (κ3) is 2.69. The van der Waals surface area contributed by atoms with Crippen molar-refractivity contribution in [3.8, 4) is 5.75 Å². The Hall–Kier alpha value is -3.64. The molecule has 5 nitrogen and oxygen atoms in total. The molecular weight excluding hydrogens is 418 g/mol. The highest BCUT2D eigenvalue weighted by atomic mass is 32.1. The van der Waals surface area contributed by atoms with Crippen LogP contribution in [0.4, 0.5) is 5.69 Å². The Labute approximate surface area is 191 Å². The maximum absolute atomic E-state index is 13.7. The van der Waals surface area contributed by atoms with Crippen LogP contribution < -0.4 is 9.64 Å². The van der Waals surface area contributed by atoms with Gasteiger partial charge in [0.2, 0.25) is 0 Å². The normalized spacial score (nSPS) is 19.9. The van der Waals surface area contributed by atoms with Crippen molar-refractivity contribution in [2.24, 2.45) is 0 Å². The molecule has 0 radical (unpaired) electrons. The zero-order valence-corrected chi connectivity index (χ0v) is 18.3. The third-order valence-corrected chi connectivity index (χ3v) is 6.87. The van der Waals surface area contributed by atoms with Crippen LogP contribution in [0.2, 0.25) is 0 Å². The summed E-state index contributed by atoms with van der Waals surface area (Å²) in [6.07, 6.45) is 0.613. The number of methoxy groups -OCH3 is 1. The van der Waals surface area contributed by atoms with Crippen LogP contribution in [0.25, 0.3) is 10.9 Å². The van der Waals surface area contributed by atoms with Gasteiger partial charge in [-0.3, -0.25) is 9.69 Å². The lowest BCUT2D eigenvalue weighted by atomic mass is 9.89. The molecule has 4 aromatic rings. The molecule has 2 aliphatic rings. The number of fused-ring (bicyclic) bond motifs is 4. The fraction of sp³-hybridized carbons (Fsp3) is 0.154. The number of carbonyl (C=O) groups is 1. The predicted octanol–water partition coefficient (Wildman–Crippen LogP) is 4.82. The Morgan fingerprint density at radius 2 is 1.78 bits per heavy atom. The minimum Gasteiger partial charge on any atom is -0.497 e. The molecule has 3 aromatic carbocycles. The number of aromatic amines is 1. The van der Waals surface area contributed by atoms with Gasteiger partial charge in [0.25, 0.3) is 5.91 Å². The van der Waals surface area contributed by atoms with E-state index in [0.29, 0.717) is 17.3 Å². The number of aromatic nitrogens is 1. The maximum Gasteiger partial charge on any atom is 0.256 e. The number of ether oxygens (including phenoxy) is 1. The number of anilines is 1. The SMILES string of the molecule is COc1cccc(N2C(=O)[C@H]3Cc4c([nH]c5ccccc45)[C@H](c4ccccc4)N3C2=S)c1. The topological polar surface area (TPSA) is 48.6 Å². The summed E-state index contributed by atoms with van der Waals surface area (Å²) < 4.78 is 5.38. The second-order valence-electron chi connectivity index (χ2n) is 8.16. The lowest BCUT2D eigenvalue weighted by Gasteiger charge is -2.37. The first-order chi connectivity index (χ1) is 15.7. The number of hydrogen-bond donors (Lipinski definition) is 1. The molecule has 1 N–H and O–H groups in total. The van der Waals surface area contributed by atoms with E-state index >= 15 is 0 Å². The molecule has 6 heteroatoms. The van der Waals surface area contributed by atoms with Gasteiger partial charge in [-0.25, -0.2) is 0 Å². The van der Waals surface area contributed by atoms with Crippen LogP contribution in [0.15, 0.2) is 78.9 Å². The van der Waals surface area contributed by atoms with E-state index in [9.17, 15) is 4.79 Å². The van der Waals surface area contributed by atoms with Crippen molar-refractivity contribution in [2.75, 3.05) is 12.0 Å². The molecule has 1 fully saturated rings. The van der Waals surface area contributed by atoms with E-state index in [1.165, 1.54) is 10.9 Å². The Morgan fingerprint density at radius 3 is 2.59 bits per heavy atom. The Kier molecular flexibility index (Phi) is 4.30. The van der Waals surface area contributed by atoms with E-state index in [-0.39, 0.29) is 18.0 Å². The van der Waals surface area contributed by atoms with E-state index in [1.807, 2.05) is 54.6 Å². The van der Waals surface area contributed by atoms with Crippen LogP contribution in [-0.4, -0.2) is 34.1 Å². The van der Waals surface area contributed by atoms with Gasteiger partial charge < -0.3 is 14.6 Å². The number of carbonyl (C=O) groups excluding carboxylic acids is 1. The smallest absolute Gasteiger partial charge is 0.256 e. The molecular formula is C26H21N3O2S. The fourth-order valence-corrected chi connectivity index (χ4v) is 5.47. The van der Waals surface area contributed by atoms with Crippen LogP contribution in [-0.2, 0) is 11.2 Å². The molecule has 1 saturated heterocycles. The number of nitrogens with zero attached hydrogens (tertiary/aromatic N) is 2. The number of benzene rings is 3. The van der Waals surface area contributed by atoms with Crippen molar-refractivity contribution in [3.63, 3.8) is 0 Å². The van der Waals surface area contributed by atoms with Gasteiger partial charge in [0.05, 0.1) is 18.8 Å². The third-order valence-electron chi connectivity index (χ3n) is 6.48. The molecule has 3 heterocycles. The number of H-pyrrole nitrogens is 1. The summed E-state index contributed by atoms with van der Waals surface area (Å²) in [5, 5.41) is 1.69. The quantitative estimate of drug-likeness (QED) is 0.465. The van der Waals surface area contributed by atoms with Crippen molar-refractivity contribution in [1.82, 2.24) is 9.88 Å². The van der Waals surface area contributed by atoms with Crippen molar-refractivity contribution >= 4 is 39.8 Å². The van der Waals surface area contributed by atoms with Gasteiger partial charge in [0, 0.05) is 29.1 Å². The molecule has 0 spiro atoms. The number of hydrogen-bond acceptors (Lipinski definition) is 3. The highest BCUT2D eigenvalue weighted by Gasteiger charge is 2.50. The average molecular weight is 440 g/mol. The first-order valence-corrected chi connectivity index (χ1v) is 11.0. The van der Waals surface area contributed by atoms with E-state index in [4.69, 9.17) is 17.0 Å². The standard InChI is InChI=1S/C26H21N3O2S/c1-31-18-11-7-10-17(14-18)28-25(30)22-15-20-19-12-5-6-13-21(19)27-23(20)24(29(22)26(28)32)16-8-3-2-4-9-16/h2-14,22,24,27H,15H2,1H3/t22-,24+/m1/s1. The van der Waals surface area contributed by atoms with Crippen molar-refractivity contribution in [2.45, 2.75) is 18.5 Å². The Bertz CT molecular complexity index is 1360. The van der Waals surface area contributed by atoms with Crippen molar-refractivity contribution < 1.29 is 9.53 Å². The molecule has 1 aromatic heterocycles. The van der Waals surface area contributed by atoms with Gasteiger partial charge in [0.1, 0.15) is 11.8 Å². The molecule has 32 heavy (non-hydrogen) atoms. The summed E-state index contributed by atoms with van der Waals surface area (Å²) in [5.74, 6) is 0.693. The lowest BCUT2D eigenvalue weighted by Crippen LogP contribution is -2.44. The first-order valence-electron chi connectivity index (χ1n) is 10.6. The first kappa shape index (κ1) is 19.1. The maximum atomic E-state index is 13.7. The second kappa shape index (κ2) is 7.21. The minimum absolute atomic E-state index is 0.000107.